The second-order valence-electron chi connectivity index (χ2n) is 4.38. The maximum Gasteiger partial charge on any atom is 0.314 e. The number of carbonyl (C=O) groups is 2. The molecule has 16 heavy (non-hydrogen) atoms. The van der Waals surface area contributed by atoms with E-state index in [1.54, 1.807) is 0 Å². The van der Waals surface area contributed by atoms with Crippen LogP contribution in [0.25, 0.3) is 0 Å². The Bertz CT molecular complexity index is 229. The number of carbonyl (C=O) groups excluding carboxylic acids is 1. The van der Waals surface area contributed by atoms with Crippen LogP contribution in [-0.2, 0) is 4.79 Å². The van der Waals surface area contributed by atoms with Crippen LogP contribution in [-0.4, -0.2) is 29.7 Å². The van der Waals surface area contributed by atoms with Crippen LogP contribution in [0.15, 0.2) is 0 Å². The molecule has 0 rings (SSSR count). The molecule has 3 N–H and O–H groups in total. The van der Waals surface area contributed by atoms with Crippen LogP contribution in [0.5, 0.6) is 0 Å². The quantitative estimate of drug-likeness (QED) is 0.621. The molecule has 0 spiro atoms. The van der Waals surface area contributed by atoms with Gasteiger partial charge in [0.25, 0.3) is 0 Å². The number of urea groups is 1. The van der Waals surface area contributed by atoms with E-state index in [9.17, 15) is 9.59 Å². The van der Waals surface area contributed by atoms with Crippen molar-refractivity contribution in [2.24, 2.45) is 5.92 Å². The average Bonchev–Trinajstić information content (AvgIpc) is 2.13. The summed E-state index contributed by atoms with van der Waals surface area (Å²) in [7, 11) is 0. The fourth-order valence-electron chi connectivity index (χ4n) is 1.26. The molecule has 2 amide bonds. The van der Waals surface area contributed by atoms with Gasteiger partial charge in [-0.15, -0.1) is 0 Å². The zero-order valence-corrected chi connectivity index (χ0v) is 10.2. The fourth-order valence-corrected chi connectivity index (χ4v) is 1.26. The molecule has 0 saturated carbocycles. The molecule has 0 aromatic rings. The Hall–Kier alpha value is -1.26. The van der Waals surface area contributed by atoms with Gasteiger partial charge in [-0.3, -0.25) is 4.79 Å². The molecule has 0 aliphatic heterocycles. The van der Waals surface area contributed by atoms with Gasteiger partial charge in [0.1, 0.15) is 0 Å². The van der Waals surface area contributed by atoms with E-state index in [0.717, 1.165) is 6.42 Å². The van der Waals surface area contributed by atoms with Crippen molar-refractivity contribution in [1.82, 2.24) is 10.6 Å². The van der Waals surface area contributed by atoms with E-state index in [1.165, 1.54) is 0 Å². The molecule has 0 aliphatic carbocycles. The van der Waals surface area contributed by atoms with Gasteiger partial charge in [0.2, 0.25) is 0 Å². The minimum absolute atomic E-state index is 0.129. The summed E-state index contributed by atoms with van der Waals surface area (Å²) < 4.78 is 0. The number of carboxylic acids is 1. The van der Waals surface area contributed by atoms with Gasteiger partial charge in [0.15, 0.2) is 0 Å². The Labute approximate surface area is 96.6 Å². The molecule has 94 valence electrons. The second kappa shape index (κ2) is 7.96. The number of amides is 2. The van der Waals surface area contributed by atoms with Gasteiger partial charge >= 0.3 is 12.0 Å². The van der Waals surface area contributed by atoms with Crippen LogP contribution >= 0.6 is 0 Å². The highest BCUT2D eigenvalue weighted by molar-refractivity contribution is 5.74. The summed E-state index contributed by atoms with van der Waals surface area (Å²) in [4.78, 5) is 21.5. The molecule has 0 aromatic carbocycles. The third kappa shape index (κ3) is 9.30. The van der Waals surface area contributed by atoms with Gasteiger partial charge in [0, 0.05) is 19.0 Å². The molecule has 5 nitrogen and oxygen atoms in total. The van der Waals surface area contributed by atoms with Crippen LogP contribution in [0, 0.1) is 5.92 Å². The lowest BCUT2D eigenvalue weighted by Crippen LogP contribution is -2.40. The molecular formula is C11H22N2O3. The number of rotatable bonds is 7. The number of aliphatic carboxylic acids is 1. The number of hydrogen-bond acceptors (Lipinski definition) is 2. The summed E-state index contributed by atoms with van der Waals surface area (Å²) in [5, 5.41) is 14.0. The van der Waals surface area contributed by atoms with Crippen molar-refractivity contribution in [2.45, 2.75) is 46.1 Å². The summed E-state index contributed by atoms with van der Waals surface area (Å²) in [5.41, 5.74) is 0. The molecule has 0 saturated heterocycles. The first-order chi connectivity index (χ1) is 7.41. The largest absolute Gasteiger partial charge is 0.481 e. The first-order valence-electron chi connectivity index (χ1n) is 5.68. The maximum absolute atomic E-state index is 11.2. The summed E-state index contributed by atoms with van der Waals surface area (Å²) in [5.74, 6) is -0.451. The van der Waals surface area contributed by atoms with E-state index in [1.807, 2.05) is 20.8 Å². The van der Waals surface area contributed by atoms with Crippen LogP contribution in [0.2, 0.25) is 0 Å². The van der Waals surface area contributed by atoms with Crippen molar-refractivity contribution < 1.29 is 14.7 Å². The third-order valence-corrected chi connectivity index (χ3v) is 2.19. The van der Waals surface area contributed by atoms with E-state index in [0.29, 0.717) is 18.9 Å². The van der Waals surface area contributed by atoms with E-state index < -0.39 is 5.97 Å². The predicted octanol–water partition coefficient (Wildman–Crippen LogP) is 1.58. The van der Waals surface area contributed by atoms with Crippen molar-refractivity contribution in [3.63, 3.8) is 0 Å². The van der Waals surface area contributed by atoms with Crippen molar-refractivity contribution in [3.8, 4) is 0 Å². The number of hydrogen-bond donors (Lipinski definition) is 3. The molecule has 0 heterocycles. The molecule has 0 fully saturated rings. The fraction of sp³-hybridized carbons (Fsp3) is 0.818. The standard InChI is InChI=1S/C11H22N2O3/c1-8(2)13-11(16)12-7-6-9(3)4-5-10(14)15/h8-9H,4-7H2,1-3H3,(H,14,15)(H2,12,13,16). The maximum atomic E-state index is 11.2. The lowest BCUT2D eigenvalue weighted by molar-refractivity contribution is -0.137. The third-order valence-electron chi connectivity index (χ3n) is 2.19. The van der Waals surface area contributed by atoms with Crippen molar-refractivity contribution in [1.29, 1.82) is 0 Å². The van der Waals surface area contributed by atoms with Gasteiger partial charge in [-0.25, -0.2) is 4.79 Å². The Morgan fingerprint density at radius 3 is 2.31 bits per heavy atom. The Kier molecular flexibility index (Phi) is 7.33. The molecule has 0 aliphatic rings. The minimum atomic E-state index is -0.766. The highest BCUT2D eigenvalue weighted by Gasteiger charge is 2.06. The smallest absolute Gasteiger partial charge is 0.314 e. The van der Waals surface area contributed by atoms with Gasteiger partial charge in [-0.2, -0.15) is 0 Å². The van der Waals surface area contributed by atoms with Crippen LogP contribution in [0.1, 0.15) is 40.0 Å². The molecule has 5 heteroatoms. The minimum Gasteiger partial charge on any atom is -0.481 e. The van der Waals surface area contributed by atoms with Crippen molar-refractivity contribution in [2.75, 3.05) is 6.54 Å². The molecular weight excluding hydrogens is 208 g/mol. The van der Waals surface area contributed by atoms with E-state index in [2.05, 4.69) is 10.6 Å². The predicted molar refractivity (Wildman–Crippen MR) is 62.3 cm³/mol. The SMILES string of the molecule is CC(CCNC(=O)NC(C)C)CCC(=O)O. The average molecular weight is 230 g/mol. The van der Waals surface area contributed by atoms with Crippen LogP contribution < -0.4 is 10.6 Å². The Morgan fingerprint density at radius 1 is 1.19 bits per heavy atom. The normalized spacial score (nSPS) is 12.2. The van der Waals surface area contributed by atoms with Gasteiger partial charge < -0.3 is 15.7 Å². The molecule has 0 radical (unpaired) electrons. The van der Waals surface area contributed by atoms with Gasteiger partial charge in [-0.05, 0) is 32.6 Å². The monoisotopic (exact) mass is 230 g/mol. The lowest BCUT2D eigenvalue weighted by Gasteiger charge is -2.12. The number of nitrogens with one attached hydrogen (secondary N) is 2. The topological polar surface area (TPSA) is 78.4 Å². The zero-order valence-electron chi connectivity index (χ0n) is 10.2. The zero-order chi connectivity index (χ0) is 12.6. The van der Waals surface area contributed by atoms with Gasteiger partial charge in [0.05, 0.1) is 0 Å². The molecule has 0 aromatic heterocycles. The van der Waals surface area contributed by atoms with Crippen LogP contribution in [0.3, 0.4) is 0 Å². The molecule has 1 unspecified atom stereocenters. The van der Waals surface area contributed by atoms with E-state index in [-0.39, 0.29) is 18.5 Å². The van der Waals surface area contributed by atoms with E-state index >= 15 is 0 Å². The highest BCUT2D eigenvalue weighted by atomic mass is 16.4. The summed E-state index contributed by atoms with van der Waals surface area (Å²) in [6.07, 6.45) is 1.65. The first kappa shape index (κ1) is 14.7. The summed E-state index contributed by atoms with van der Waals surface area (Å²) in [6, 6.07) is -0.0372. The summed E-state index contributed by atoms with van der Waals surface area (Å²) in [6.45, 7) is 6.37. The number of carboxylic acid groups (broad SMARTS) is 1. The molecule has 0 bridgehead atoms. The second-order valence-corrected chi connectivity index (χ2v) is 4.38. The Balaban J connectivity index is 3.50. The van der Waals surface area contributed by atoms with Gasteiger partial charge in [-0.1, -0.05) is 6.92 Å². The summed E-state index contributed by atoms with van der Waals surface area (Å²) >= 11 is 0. The van der Waals surface area contributed by atoms with E-state index in [4.69, 9.17) is 5.11 Å². The van der Waals surface area contributed by atoms with Crippen LogP contribution in [0.4, 0.5) is 4.79 Å². The molecule has 1 atom stereocenters. The Morgan fingerprint density at radius 2 is 1.81 bits per heavy atom. The van der Waals surface area contributed by atoms with Crippen molar-refractivity contribution >= 4 is 12.0 Å². The lowest BCUT2D eigenvalue weighted by atomic mass is 10.0. The van der Waals surface area contributed by atoms with Crippen molar-refractivity contribution in [3.05, 3.63) is 0 Å². The first-order valence-corrected chi connectivity index (χ1v) is 5.68. The highest BCUT2D eigenvalue weighted by Crippen LogP contribution is 2.08.